The van der Waals surface area contributed by atoms with Crippen molar-refractivity contribution in [1.29, 1.82) is 0 Å². The van der Waals surface area contributed by atoms with Crippen LogP contribution in [-0.2, 0) is 9.84 Å². The van der Waals surface area contributed by atoms with Crippen molar-refractivity contribution in [2.45, 2.75) is 4.90 Å². The van der Waals surface area contributed by atoms with Crippen molar-refractivity contribution >= 4 is 50.3 Å². The molecule has 10 heteroatoms. The summed E-state index contributed by atoms with van der Waals surface area (Å²) in [5.74, 6) is 0.0876. The second-order valence-corrected chi connectivity index (χ2v) is 7.70. The molecule has 2 rings (SSSR count). The van der Waals surface area contributed by atoms with Crippen LogP contribution in [0.5, 0.6) is 11.5 Å². The standard InChI is InChI=1S/C13H8Cl3NO5S/c1-23(20,21)8-5-10(15)13(11(16)6-8)22-12-3-2-7(17(18)19)4-9(12)14/h2-6H,1H3. The molecule has 0 spiro atoms. The SMILES string of the molecule is CS(=O)(=O)c1cc(Cl)c(Oc2ccc([N+](=O)[O-])cc2Cl)c(Cl)c1. The highest BCUT2D eigenvalue weighted by atomic mass is 35.5. The van der Waals surface area contributed by atoms with E-state index in [-0.39, 0.29) is 37.1 Å². The number of sulfone groups is 1. The Balaban J connectivity index is 2.43. The first-order chi connectivity index (χ1) is 10.6. The molecule has 0 amide bonds. The largest absolute Gasteiger partial charge is 0.453 e. The molecule has 0 unspecified atom stereocenters. The Labute approximate surface area is 146 Å². The van der Waals surface area contributed by atoms with Gasteiger partial charge >= 0.3 is 0 Å². The first-order valence-corrected chi connectivity index (χ1v) is 8.93. The van der Waals surface area contributed by atoms with E-state index >= 15 is 0 Å². The molecule has 0 N–H and O–H groups in total. The van der Waals surface area contributed by atoms with Gasteiger partial charge < -0.3 is 4.74 Å². The Morgan fingerprint density at radius 2 is 1.61 bits per heavy atom. The van der Waals surface area contributed by atoms with Crippen molar-refractivity contribution in [2.75, 3.05) is 6.26 Å². The molecule has 0 aliphatic heterocycles. The van der Waals surface area contributed by atoms with Crippen LogP contribution in [0, 0.1) is 10.1 Å². The summed E-state index contributed by atoms with van der Waals surface area (Å²) in [6.45, 7) is 0. The minimum Gasteiger partial charge on any atom is -0.453 e. The molecule has 0 fully saturated rings. The third-order valence-corrected chi connectivity index (χ3v) is 4.69. The lowest BCUT2D eigenvalue weighted by Crippen LogP contribution is -1.98. The van der Waals surface area contributed by atoms with Crippen molar-refractivity contribution in [1.82, 2.24) is 0 Å². The Morgan fingerprint density at radius 1 is 1.04 bits per heavy atom. The fourth-order valence-corrected chi connectivity index (χ4v) is 3.22. The van der Waals surface area contributed by atoms with E-state index in [4.69, 9.17) is 39.5 Å². The first kappa shape index (κ1) is 17.8. The molecular formula is C13H8Cl3NO5S. The highest BCUT2D eigenvalue weighted by Gasteiger charge is 2.18. The molecule has 23 heavy (non-hydrogen) atoms. The minimum atomic E-state index is -3.49. The van der Waals surface area contributed by atoms with Crippen LogP contribution in [0.4, 0.5) is 5.69 Å². The van der Waals surface area contributed by atoms with Crippen LogP contribution in [-0.4, -0.2) is 19.6 Å². The molecular weight excluding hydrogens is 389 g/mol. The van der Waals surface area contributed by atoms with Gasteiger partial charge in [-0.1, -0.05) is 34.8 Å². The van der Waals surface area contributed by atoms with Gasteiger partial charge in [0.25, 0.3) is 5.69 Å². The molecule has 2 aromatic carbocycles. The lowest BCUT2D eigenvalue weighted by atomic mass is 10.3. The smallest absolute Gasteiger partial charge is 0.271 e. The van der Waals surface area contributed by atoms with Crippen LogP contribution in [0.1, 0.15) is 0 Å². The maximum Gasteiger partial charge on any atom is 0.271 e. The summed E-state index contributed by atoms with van der Waals surface area (Å²) in [6.07, 6.45) is 1.02. The number of hydrogen-bond donors (Lipinski definition) is 0. The summed E-state index contributed by atoms with van der Waals surface area (Å²) in [6, 6.07) is 5.99. The Morgan fingerprint density at radius 3 is 2.04 bits per heavy atom. The summed E-state index contributed by atoms with van der Waals surface area (Å²) in [7, 11) is -3.49. The van der Waals surface area contributed by atoms with Gasteiger partial charge in [0.15, 0.2) is 15.6 Å². The summed E-state index contributed by atoms with van der Waals surface area (Å²) < 4.78 is 28.5. The number of ether oxygens (including phenoxy) is 1. The zero-order valence-electron chi connectivity index (χ0n) is 11.4. The van der Waals surface area contributed by atoms with Crippen molar-refractivity contribution in [3.05, 3.63) is 55.5 Å². The Hall–Kier alpha value is -1.54. The van der Waals surface area contributed by atoms with Crippen LogP contribution in [0.3, 0.4) is 0 Å². The fourth-order valence-electron chi connectivity index (χ4n) is 1.64. The lowest BCUT2D eigenvalue weighted by Gasteiger charge is -2.12. The third-order valence-electron chi connectivity index (χ3n) is 2.74. The van der Waals surface area contributed by atoms with Gasteiger partial charge in [0, 0.05) is 18.4 Å². The predicted octanol–water partition coefficient (Wildman–Crippen LogP) is 4.75. The number of nitro groups is 1. The molecule has 0 saturated heterocycles. The summed E-state index contributed by atoms with van der Waals surface area (Å²) in [5, 5.41) is 10.6. The highest BCUT2D eigenvalue weighted by molar-refractivity contribution is 7.90. The summed E-state index contributed by atoms with van der Waals surface area (Å²) >= 11 is 17.9. The molecule has 2 aromatic rings. The van der Waals surface area contributed by atoms with Crippen LogP contribution < -0.4 is 4.74 Å². The van der Waals surface area contributed by atoms with Gasteiger partial charge in [-0.05, 0) is 18.2 Å². The Bertz CT molecular complexity index is 875. The topological polar surface area (TPSA) is 86.5 Å². The number of nitro benzene ring substituents is 1. The number of nitrogens with zero attached hydrogens (tertiary/aromatic N) is 1. The highest BCUT2D eigenvalue weighted by Crippen LogP contribution is 2.41. The number of hydrogen-bond acceptors (Lipinski definition) is 5. The van der Waals surface area contributed by atoms with Crippen molar-refractivity contribution in [3.63, 3.8) is 0 Å². The van der Waals surface area contributed by atoms with Gasteiger partial charge in [0.1, 0.15) is 5.75 Å². The van der Waals surface area contributed by atoms with E-state index in [0.717, 1.165) is 12.3 Å². The van der Waals surface area contributed by atoms with Gasteiger partial charge in [-0.3, -0.25) is 10.1 Å². The van der Waals surface area contributed by atoms with E-state index in [0.29, 0.717) is 0 Å². The molecule has 0 bridgehead atoms. The van der Waals surface area contributed by atoms with E-state index in [9.17, 15) is 18.5 Å². The van der Waals surface area contributed by atoms with Crippen LogP contribution in [0.15, 0.2) is 35.2 Å². The molecule has 0 atom stereocenters. The van der Waals surface area contributed by atoms with Gasteiger partial charge in [0.05, 0.1) is 24.9 Å². The van der Waals surface area contributed by atoms with Crippen molar-refractivity contribution in [3.8, 4) is 11.5 Å². The zero-order chi connectivity index (χ0) is 17.4. The first-order valence-electron chi connectivity index (χ1n) is 5.90. The fraction of sp³-hybridized carbons (Fsp3) is 0.0769. The molecule has 0 radical (unpaired) electrons. The number of benzene rings is 2. The molecule has 122 valence electrons. The molecule has 0 aliphatic carbocycles. The second-order valence-electron chi connectivity index (χ2n) is 4.46. The number of rotatable bonds is 4. The van der Waals surface area contributed by atoms with E-state index < -0.39 is 14.8 Å². The van der Waals surface area contributed by atoms with E-state index in [2.05, 4.69) is 0 Å². The average molecular weight is 397 g/mol. The van der Waals surface area contributed by atoms with Crippen molar-refractivity contribution < 1.29 is 18.1 Å². The quantitative estimate of drug-likeness (QED) is 0.550. The summed E-state index contributed by atoms with van der Waals surface area (Å²) in [4.78, 5) is 10.0. The number of non-ortho nitro benzene ring substituents is 1. The third kappa shape index (κ3) is 4.06. The van der Waals surface area contributed by atoms with Crippen molar-refractivity contribution in [2.24, 2.45) is 0 Å². The molecule has 6 nitrogen and oxygen atoms in total. The van der Waals surface area contributed by atoms with E-state index in [1.54, 1.807) is 0 Å². The van der Waals surface area contributed by atoms with Gasteiger partial charge in [-0.25, -0.2) is 8.42 Å². The van der Waals surface area contributed by atoms with E-state index in [1.165, 1.54) is 24.3 Å². The number of halogens is 3. The maximum atomic E-state index is 11.5. The maximum absolute atomic E-state index is 11.5. The lowest BCUT2D eigenvalue weighted by molar-refractivity contribution is -0.384. The zero-order valence-corrected chi connectivity index (χ0v) is 14.5. The molecule has 0 aliphatic rings. The predicted molar refractivity (Wildman–Crippen MR) is 87.8 cm³/mol. The molecule has 0 saturated carbocycles. The van der Waals surface area contributed by atoms with Crippen LogP contribution in [0.2, 0.25) is 15.1 Å². The monoisotopic (exact) mass is 395 g/mol. The normalized spacial score (nSPS) is 11.3. The molecule has 0 aromatic heterocycles. The summed E-state index contributed by atoms with van der Waals surface area (Å²) in [5.41, 5.74) is -0.202. The van der Waals surface area contributed by atoms with Crippen LogP contribution in [0.25, 0.3) is 0 Å². The van der Waals surface area contributed by atoms with Crippen LogP contribution >= 0.6 is 34.8 Å². The van der Waals surface area contributed by atoms with Gasteiger partial charge in [0.2, 0.25) is 0 Å². The second kappa shape index (κ2) is 6.52. The van der Waals surface area contributed by atoms with Gasteiger partial charge in [-0.2, -0.15) is 0 Å². The van der Waals surface area contributed by atoms with Gasteiger partial charge in [-0.15, -0.1) is 0 Å². The molecule has 0 heterocycles. The Kier molecular flexibility index (Phi) is 5.05. The minimum absolute atomic E-state index is 0.00325. The average Bonchev–Trinajstić information content (AvgIpc) is 2.42. The van der Waals surface area contributed by atoms with E-state index in [1.807, 2.05) is 0 Å².